The molecule has 0 saturated carbocycles. The van der Waals surface area contributed by atoms with Gasteiger partial charge in [-0.2, -0.15) is 0 Å². The van der Waals surface area contributed by atoms with Crippen molar-refractivity contribution in [2.75, 3.05) is 58.4 Å². The Hall–Kier alpha value is -3.09. The Morgan fingerprint density at radius 2 is 1.85 bits per heavy atom. The fourth-order valence-electron chi connectivity index (χ4n) is 5.00. The lowest BCUT2D eigenvalue weighted by Gasteiger charge is -2.37. The Bertz CT molecular complexity index is 1100. The van der Waals surface area contributed by atoms with Gasteiger partial charge in [0, 0.05) is 51.0 Å². The molecule has 0 bridgehead atoms. The number of anilines is 1. The number of carbonyl (C=O) groups is 1. The number of rotatable bonds is 8. The predicted molar refractivity (Wildman–Crippen MR) is 176 cm³/mol. The van der Waals surface area contributed by atoms with Crippen LogP contribution in [0.3, 0.4) is 0 Å². The molecule has 228 valence electrons. The van der Waals surface area contributed by atoms with Crippen molar-refractivity contribution >= 4 is 11.6 Å². The van der Waals surface area contributed by atoms with Gasteiger partial charge in [0.25, 0.3) is 5.91 Å². The maximum Gasteiger partial charge on any atom is 0.251 e. The maximum atomic E-state index is 11.9. The molecule has 2 aliphatic rings. The van der Waals surface area contributed by atoms with Crippen LogP contribution in [0.15, 0.2) is 60.7 Å². The SMILES string of the molecule is C.C=C(/C=C\C)CC.CC.CNC(=O)c1ccc2c(c1)CCOC2CCN1CCN(c2ccc(OC)c(C)c2)CC1. The van der Waals surface area contributed by atoms with E-state index in [1.807, 2.05) is 45.1 Å². The molecular weight excluding hydrogens is 510 g/mol. The predicted octanol–water partition coefficient (Wildman–Crippen LogP) is 7.38. The first-order valence-electron chi connectivity index (χ1n) is 14.8. The van der Waals surface area contributed by atoms with Gasteiger partial charge in [0.05, 0.1) is 19.8 Å². The van der Waals surface area contributed by atoms with Crippen molar-refractivity contribution in [2.24, 2.45) is 0 Å². The summed E-state index contributed by atoms with van der Waals surface area (Å²) >= 11 is 0. The molecule has 6 heteroatoms. The van der Waals surface area contributed by atoms with Gasteiger partial charge >= 0.3 is 0 Å². The van der Waals surface area contributed by atoms with Gasteiger partial charge in [-0.15, -0.1) is 0 Å². The van der Waals surface area contributed by atoms with Gasteiger partial charge in [-0.1, -0.05) is 58.6 Å². The van der Waals surface area contributed by atoms with Crippen LogP contribution in [0.25, 0.3) is 0 Å². The second kappa shape index (κ2) is 19.1. The van der Waals surface area contributed by atoms with Crippen LogP contribution in [-0.4, -0.2) is 64.3 Å². The van der Waals surface area contributed by atoms with Gasteiger partial charge in [0.1, 0.15) is 5.75 Å². The molecule has 2 heterocycles. The minimum Gasteiger partial charge on any atom is -0.496 e. The third-order valence-corrected chi connectivity index (χ3v) is 7.35. The van der Waals surface area contributed by atoms with Crippen LogP contribution in [0.4, 0.5) is 5.69 Å². The molecule has 2 aromatic carbocycles. The monoisotopic (exact) mass is 565 g/mol. The van der Waals surface area contributed by atoms with E-state index in [1.165, 1.54) is 28.0 Å². The number of amides is 1. The minimum atomic E-state index is -0.0317. The van der Waals surface area contributed by atoms with Crippen LogP contribution in [0.2, 0.25) is 0 Å². The Morgan fingerprint density at radius 3 is 2.41 bits per heavy atom. The molecule has 41 heavy (non-hydrogen) atoms. The third kappa shape index (κ3) is 10.7. The summed E-state index contributed by atoms with van der Waals surface area (Å²) in [4.78, 5) is 16.9. The first kappa shape index (κ1) is 35.9. The number of allylic oxidation sites excluding steroid dienone is 3. The Morgan fingerprint density at radius 1 is 1.15 bits per heavy atom. The molecule has 1 amide bonds. The van der Waals surface area contributed by atoms with Crippen LogP contribution in [0.5, 0.6) is 5.75 Å². The van der Waals surface area contributed by atoms with Crippen LogP contribution >= 0.6 is 0 Å². The van der Waals surface area contributed by atoms with E-state index in [9.17, 15) is 4.79 Å². The highest BCUT2D eigenvalue weighted by Crippen LogP contribution is 2.31. The summed E-state index contributed by atoms with van der Waals surface area (Å²) in [7, 11) is 3.39. The summed E-state index contributed by atoms with van der Waals surface area (Å²) in [5.74, 6) is 0.911. The van der Waals surface area contributed by atoms with Crippen molar-refractivity contribution in [3.63, 3.8) is 0 Å². The largest absolute Gasteiger partial charge is 0.496 e. The summed E-state index contributed by atoms with van der Waals surface area (Å²) in [6.45, 7) is 19.9. The van der Waals surface area contributed by atoms with Crippen molar-refractivity contribution < 1.29 is 14.3 Å². The maximum absolute atomic E-state index is 11.9. The van der Waals surface area contributed by atoms with E-state index in [0.29, 0.717) is 0 Å². The number of piperazine rings is 1. The average Bonchev–Trinajstić information content (AvgIpc) is 3.00. The molecule has 6 nitrogen and oxygen atoms in total. The van der Waals surface area contributed by atoms with Gasteiger partial charge in [-0.25, -0.2) is 0 Å². The van der Waals surface area contributed by atoms with E-state index >= 15 is 0 Å². The van der Waals surface area contributed by atoms with E-state index in [2.05, 4.69) is 59.8 Å². The fourth-order valence-corrected chi connectivity index (χ4v) is 5.00. The van der Waals surface area contributed by atoms with Gasteiger partial charge < -0.3 is 19.7 Å². The van der Waals surface area contributed by atoms with Gasteiger partial charge in [-0.05, 0) is 80.1 Å². The summed E-state index contributed by atoms with van der Waals surface area (Å²) in [5.41, 5.74) is 6.86. The zero-order chi connectivity index (χ0) is 29.5. The van der Waals surface area contributed by atoms with Gasteiger partial charge in [0.2, 0.25) is 0 Å². The molecule has 0 spiro atoms. The molecule has 1 unspecified atom stereocenters. The fraction of sp³-hybridized carbons (Fsp3) is 0.514. The van der Waals surface area contributed by atoms with E-state index in [4.69, 9.17) is 9.47 Å². The Labute approximate surface area is 250 Å². The number of carbonyl (C=O) groups excluding carboxylic acids is 1. The second-order valence-corrected chi connectivity index (χ2v) is 9.89. The molecule has 2 aliphatic heterocycles. The first-order valence-corrected chi connectivity index (χ1v) is 14.8. The number of hydrogen-bond donors (Lipinski definition) is 1. The van der Waals surface area contributed by atoms with Crippen molar-refractivity contribution in [2.45, 2.75) is 67.4 Å². The lowest BCUT2D eigenvalue weighted by atomic mass is 9.93. The number of aryl methyl sites for hydroxylation is 1. The molecule has 1 atom stereocenters. The number of ether oxygens (including phenoxy) is 2. The number of nitrogens with one attached hydrogen (secondary N) is 1. The quantitative estimate of drug-likeness (QED) is 0.339. The number of hydrogen-bond acceptors (Lipinski definition) is 5. The molecule has 1 N–H and O–H groups in total. The first-order chi connectivity index (χ1) is 19.4. The third-order valence-electron chi connectivity index (χ3n) is 7.35. The molecule has 0 aromatic heterocycles. The summed E-state index contributed by atoms with van der Waals surface area (Å²) < 4.78 is 11.5. The molecule has 0 aliphatic carbocycles. The summed E-state index contributed by atoms with van der Waals surface area (Å²) in [6, 6.07) is 12.4. The van der Waals surface area contributed by atoms with E-state index in [-0.39, 0.29) is 19.4 Å². The molecule has 4 rings (SSSR count). The normalized spacial score (nSPS) is 16.3. The average molecular weight is 566 g/mol. The minimum absolute atomic E-state index is 0. The van der Waals surface area contributed by atoms with Crippen molar-refractivity contribution in [1.82, 2.24) is 10.2 Å². The van der Waals surface area contributed by atoms with Crippen molar-refractivity contribution in [1.29, 1.82) is 0 Å². The van der Waals surface area contributed by atoms with Gasteiger partial charge in [-0.3, -0.25) is 9.69 Å². The van der Waals surface area contributed by atoms with E-state index in [1.54, 1.807) is 14.2 Å². The molecule has 0 radical (unpaired) electrons. The Balaban J connectivity index is 0.000000738. The van der Waals surface area contributed by atoms with E-state index in [0.717, 1.165) is 69.9 Å². The highest BCUT2D eigenvalue weighted by Gasteiger charge is 2.24. The van der Waals surface area contributed by atoms with Crippen LogP contribution < -0.4 is 15.0 Å². The second-order valence-electron chi connectivity index (χ2n) is 9.89. The standard InChI is InChI=1S/C25H33N3O3.C7H12.C2H6.CH4/c1-18-16-21(5-7-23(18)30-3)28-13-11-27(12-14-28)10-8-24-22-6-4-20(25(29)26-2)17-19(22)9-15-31-24;1-4-6-7(3)5-2;1-2;/h4-7,16-17,24H,8-15H2,1-3H3,(H,26,29);4,6H,3,5H2,1-2H3;1-2H3;1H4/b;6-4-;;. The zero-order valence-corrected chi connectivity index (χ0v) is 25.9. The zero-order valence-electron chi connectivity index (χ0n) is 25.9. The van der Waals surface area contributed by atoms with Crippen LogP contribution in [0, 0.1) is 6.92 Å². The number of benzene rings is 2. The lowest BCUT2D eigenvalue weighted by Crippen LogP contribution is -2.47. The number of nitrogens with zero attached hydrogens (tertiary/aromatic N) is 2. The molecule has 1 fully saturated rings. The van der Waals surface area contributed by atoms with Crippen molar-refractivity contribution in [3.8, 4) is 5.75 Å². The lowest BCUT2D eigenvalue weighted by molar-refractivity contribution is 0.0288. The highest BCUT2D eigenvalue weighted by atomic mass is 16.5. The van der Waals surface area contributed by atoms with Crippen LogP contribution in [0.1, 0.15) is 81.1 Å². The number of fused-ring (bicyclic) bond motifs is 1. The molecular formula is C35H55N3O3. The summed E-state index contributed by atoms with van der Waals surface area (Å²) in [5, 5.41) is 2.70. The number of methoxy groups -OCH3 is 1. The van der Waals surface area contributed by atoms with Crippen molar-refractivity contribution in [3.05, 3.63) is 83.0 Å². The summed E-state index contributed by atoms with van der Waals surface area (Å²) in [6.07, 6.45) is 7.06. The molecule has 2 aromatic rings. The smallest absolute Gasteiger partial charge is 0.251 e. The Kier molecular flexibility index (Phi) is 16.7. The molecule has 1 saturated heterocycles. The van der Waals surface area contributed by atoms with Gasteiger partial charge in [0.15, 0.2) is 0 Å². The topological polar surface area (TPSA) is 54.0 Å². The van der Waals surface area contributed by atoms with Crippen LogP contribution in [-0.2, 0) is 11.2 Å². The highest BCUT2D eigenvalue weighted by molar-refractivity contribution is 5.94. The van der Waals surface area contributed by atoms with E-state index < -0.39 is 0 Å².